The van der Waals surface area contributed by atoms with Crippen LogP contribution in [0.15, 0.2) is 42.5 Å². The number of ether oxygens (including phenoxy) is 2. The Kier molecular flexibility index (Phi) is 6.32. The molecule has 2 aliphatic rings. The van der Waals surface area contributed by atoms with Gasteiger partial charge in [-0.15, -0.1) is 0 Å². The van der Waals surface area contributed by atoms with Crippen molar-refractivity contribution in [2.24, 2.45) is 0 Å². The van der Waals surface area contributed by atoms with Crippen LogP contribution < -0.4 is 14.8 Å². The third kappa shape index (κ3) is 5.08. The molecular weight excluding hydrogens is 366 g/mol. The maximum absolute atomic E-state index is 12.3. The van der Waals surface area contributed by atoms with Crippen molar-refractivity contribution in [3.05, 3.63) is 53.6 Å². The summed E-state index contributed by atoms with van der Waals surface area (Å²) in [6, 6.07) is 14.1. The molecule has 154 valence electrons. The van der Waals surface area contributed by atoms with Crippen molar-refractivity contribution in [3.8, 4) is 11.5 Å². The molecule has 29 heavy (non-hydrogen) atoms. The molecule has 2 aliphatic heterocycles. The van der Waals surface area contributed by atoms with Gasteiger partial charge in [-0.05, 0) is 29.3 Å². The second kappa shape index (κ2) is 9.29. The number of methoxy groups -OCH3 is 1. The average Bonchev–Trinajstić information content (AvgIpc) is 3.21. The summed E-state index contributed by atoms with van der Waals surface area (Å²) in [4.78, 5) is 17.2. The molecule has 1 fully saturated rings. The van der Waals surface area contributed by atoms with Crippen LogP contribution in [-0.2, 0) is 17.8 Å². The second-order valence-electron chi connectivity index (χ2n) is 7.66. The smallest absolute Gasteiger partial charge is 0.225 e. The van der Waals surface area contributed by atoms with Crippen LogP contribution in [0.1, 0.15) is 17.5 Å². The summed E-state index contributed by atoms with van der Waals surface area (Å²) in [7, 11) is 1.61. The molecule has 1 saturated heterocycles. The number of carbonyl (C=O) groups excluding carboxylic acids is 1. The minimum atomic E-state index is 0.0253. The summed E-state index contributed by atoms with van der Waals surface area (Å²) in [5.74, 6) is 1.76. The molecule has 2 heterocycles. The fourth-order valence-electron chi connectivity index (χ4n) is 3.99. The van der Waals surface area contributed by atoms with E-state index in [1.165, 1.54) is 11.1 Å². The van der Waals surface area contributed by atoms with Gasteiger partial charge in [0.2, 0.25) is 5.91 Å². The van der Waals surface area contributed by atoms with Gasteiger partial charge in [-0.25, -0.2) is 0 Å². The maximum Gasteiger partial charge on any atom is 0.225 e. The number of nitrogens with zero attached hydrogens (tertiary/aromatic N) is 2. The Morgan fingerprint density at radius 1 is 1.10 bits per heavy atom. The van der Waals surface area contributed by atoms with E-state index >= 15 is 0 Å². The Balaban J connectivity index is 1.19. The lowest BCUT2D eigenvalue weighted by Crippen LogP contribution is -2.46. The standard InChI is InChI=1S/C23H29N3O3/c1-28-22-5-3-2-4-20(22)24-23(27)8-10-25-11-13-26(14-12-25)17-18-6-7-21-19(16-18)9-15-29-21/h2-7,16H,8-15,17H2,1H3,(H,24,27). The molecule has 0 radical (unpaired) electrons. The second-order valence-corrected chi connectivity index (χ2v) is 7.66. The van der Waals surface area contributed by atoms with Gasteiger partial charge in [-0.1, -0.05) is 24.3 Å². The van der Waals surface area contributed by atoms with Gasteiger partial charge in [-0.2, -0.15) is 0 Å². The van der Waals surface area contributed by atoms with Gasteiger partial charge in [0.05, 0.1) is 19.4 Å². The van der Waals surface area contributed by atoms with Gasteiger partial charge in [-0.3, -0.25) is 9.69 Å². The summed E-state index contributed by atoms with van der Waals surface area (Å²) in [5, 5.41) is 2.95. The van der Waals surface area contributed by atoms with E-state index in [9.17, 15) is 4.79 Å². The van der Waals surface area contributed by atoms with Crippen LogP contribution >= 0.6 is 0 Å². The molecule has 2 aromatic carbocycles. The van der Waals surface area contributed by atoms with E-state index in [1.54, 1.807) is 7.11 Å². The first-order valence-corrected chi connectivity index (χ1v) is 10.3. The van der Waals surface area contributed by atoms with Gasteiger partial charge in [0.1, 0.15) is 11.5 Å². The number of carbonyl (C=O) groups is 1. The number of anilines is 1. The molecule has 4 rings (SSSR count). The summed E-state index contributed by atoms with van der Waals surface area (Å²) in [6.45, 7) is 6.62. The lowest BCUT2D eigenvalue weighted by Gasteiger charge is -2.34. The zero-order valence-corrected chi connectivity index (χ0v) is 17.0. The monoisotopic (exact) mass is 395 g/mol. The van der Waals surface area contributed by atoms with E-state index in [4.69, 9.17) is 9.47 Å². The van der Waals surface area contributed by atoms with E-state index in [0.717, 1.165) is 63.7 Å². The zero-order chi connectivity index (χ0) is 20.1. The van der Waals surface area contributed by atoms with Gasteiger partial charge >= 0.3 is 0 Å². The molecule has 6 heteroatoms. The number of amides is 1. The highest BCUT2D eigenvalue weighted by atomic mass is 16.5. The fourth-order valence-corrected chi connectivity index (χ4v) is 3.99. The Labute approximate surface area is 172 Å². The SMILES string of the molecule is COc1ccccc1NC(=O)CCN1CCN(Cc2ccc3c(c2)CCO3)CC1. The molecule has 0 bridgehead atoms. The minimum Gasteiger partial charge on any atom is -0.495 e. The van der Waals surface area contributed by atoms with Crippen LogP contribution in [0.2, 0.25) is 0 Å². The minimum absolute atomic E-state index is 0.0253. The fraction of sp³-hybridized carbons (Fsp3) is 0.435. The van der Waals surface area contributed by atoms with E-state index in [1.807, 2.05) is 24.3 Å². The molecule has 0 aromatic heterocycles. The summed E-state index contributed by atoms with van der Waals surface area (Å²) < 4.78 is 10.9. The highest BCUT2D eigenvalue weighted by Crippen LogP contribution is 2.26. The van der Waals surface area contributed by atoms with Gasteiger partial charge < -0.3 is 19.7 Å². The number of hydrogen-bond donors (Lipinski definition) is 1. The van der Waals surface area contributed by atoms with Crippen molar-refractivity contribution >= 4 is 11.6 Å². The normalized spacial score (nSPS) is 16.9. The van der Waals surface area contributed by atoms with Crippen LogP contribution in [0.4, 0.5) is 5.69 Å². The van der Waals surface area contributed by atoms with Crippen LogP contribution in [-0.4, -0.2) is 62.1 Å². The highest BCUT2D eigenvalue weighted by Gasteiger charge is 2.19. The molecule has 2 aromatic rings. The predicted molar refractivity (Wildman–Crippen MR) is 114 cm³/mol. The third-order valence-corrected chi connectivity index (χ3v) is 5.66. The van der Waals surface area contributed by atoms with Crippen molar-refractivity contribution in [3.63, 3.8) is 0 Å². The maximum atomic E-state index is 12.3. The Bertz CT molecular complexity index is 847. The molecule has 0 saturated carbocycles. The first-order chi connectivity index (χ1) is 14.2. The number of piperazine rings is 1. The largest absolute Gasteiger partial charge is 0.495 e. The van der Waals surface area contributed by atoms with Gasteiger partial charge in [0, 0.05) is 52.1 Å². The molecule has 6 nitrogen and oxygen atoms in total. The molecule has 0 unspecified atom stereocenters. The van der Waals surface area contributed by atoms with Crippen LogP contribution in [0.5, 0.6) is 11.5 Å². The number of rotatable bonds is 7. The zero-order valence-electron chi connectivity index (χ0n) is 17.0. The summed E-state index contributed by atoms with van der Waals surface area (Å²) >= 11 is 0. The Morgan fingerprint density at radius 2 is 1.90 bits per heavy atom. The van der Waals surface area contributed by atoms with E-state index < -0.39 is 0 Å². The number of fused-ring (bicyclic) bond motifs is 1. The first-order valence-electron chi connectivity index (χ1n) is 10.3. The predicted octanol–water partition coefficient (Wildman–Crippen LogP) is 2.78. The quantitative estimate of drug-likeness (QED) is 0.781. The van der Waals surface area contributed by atoms with E-state index in [2.05, 4.69) is 33.3 Å². The summed E-state index contributed by atoms with van der Waals surface area (Å²) in [6.07, 6.45) is 1.51. The molecule has 0 spiro atoms. The third-order valence-electron chi connectivity index (χ3n) is 5.66. The molecule has 1 N–H and O–H groups in total. The molecule has 0 aliphatic carbocycles. The van der Waals surface area contributed by atoms with Crippen molar-refractivity contribution in [2.45, 2.75) is 19.4 Å². The highest BCUT2D eigenvalue weighted by molar-refractivity contribution is 5.92. The number of benzene rings is 2. The summed E-state index contributed by atoms with van der Waals surface area (Å²) in [5.41, 5.74) is 3.42. The van der Waals surface area contributed by atoms with Gasteiger partial charge in [0.15, 0.2) is 0 Å². The number of hydrogen-bond acceptors (Lipinski definition) is 5. The Hall–Kier alpha value is -2.57. The average molecular weight is 396 g/mol. The molecular formula is C23H29N3O3. The lowest BCUT2D eigenvalue weighted by atomic mass is 10.1. The van der Waals surface area contributed by atoms with Crippen molar-refractivity contribution < 1.29 is 14.3 Å². The Morgan fingerprint density at radius 3 is 2.72 bits per heavy atom. The van der Waals surface area contributed by atoms with Crippen LogP contribution in [0, 0.1) is 0 Å². The molecule has 1 amide bonds. The number of para-hydroxylation sites is 2. The van der Waals surface area contributed by atoms with Crippen molar-refractivity contribution in [2.75, 3.05) is 51.8 Å². The van der Waals surface area contributed by atoms with Crippen molar-refractivity contribution in [1.82, 2.24) is 9.80 Å². The van der Waals surface area contributed by atoms with Gasteiger partial charge in [0.25, 0.3) is 0 Å². The number of nitrogens with one attached hydrogen (secondary N) is 1. The molecule has 0 atom stereocenters. The topological polar surface area (TPSA) is 54.0 Å². The first kappa shape index (κ1) is 19.7. The van der Waals surface area contributed by atoms with E-state index in [-0.39, 0.29) is 5.91 Å². The van der Waals surface area contributed by atoms with Crippen LogP contribution in [0.3, 0.4) is 0 Å². The lowest BCUT2D eigenvalue weighted by molar-refractivity contribution is -0.116. The van der Waals surface area contributed by atoms with Crippen molar-refractivity contribution in [1.29, 1.82) is 0 Å². The van der Waals surface area contributed by atoms with Crippen LogP contribution in [0.25, 0.3) is 0 Å². The van der Waals surface area contributed by atoms with E-state index in [0.29, 0.717) is 12.2 Å².